The Labute approximate surface area is 115 Å². The van der Waals surface area contributed by atoms with Crippen molar-refractivity contribution in [2.45, 2.75) is 19.1 Å². The number of amides is 2. The molecule has 0 saturated heterocycles. The first kappa shape index (κ1) is 16.3. The molecule has 0 spiro atoms. The number of carbonyl (C=O) groups excluding carboxylic acids is 1. The van der Waals surface area contributed by atoms with Crippen molar-refractivity contribution in [1.29, 1.82) is 0 Å². The summed E-state index contributed by atoms with van der Waals surface area (Å²) >= 11 is 0. The third-order valence-corrected chi connectivity index (χ3v) is 2.56. The maximum Gasteiger partial charge on any atom is 0.390 e. The third-order valence-electron chi connectivity index (χ3n) is 2.56. The first-order valence-corrected chi connectivity index (χ1v) is 6.16. The Balaban J connectivity index is 2.50. The molecule has 1 rings (SSSR count). The Morgan fingerprint density at radius 2 is 1.90 bits per heavy atom. The van der Waals surface area contributed by atoms with E-state index in [1.54, 1.807) is 24.3 Å². The van der Waals surface area contributed by atoms with Gasteiger partial charge in [0.25, 0.3) is 0 Å². The number of aliphatic hydroxyl groups excluding tert-OH is 1. The molecule has 0 bridgehead atoms. The van der Waals surface area contributed by atoms with E-state index >= 15 is 0 Å². The van der Waals surface area contributed by atoms with E-state index in [1.165, 1.54) is 4.90 Å². The zero-order chi connectivity index (χ0) is 15.0. The molecular formula is C13H17F3N2O2. The smallest absolute Gasteiger partial charge is 0.390 e. The number of rotatable bonds is 6. The van der Waals surface area contributed by atoms with Crippen molar-refractivity contribution in [2.75, 3.05) is 19.7 Å². The van der Waals surface area contributed by atoms with Gasteiger partial charge in [0.15, 0.2) is 0 Å². The fourth-order valence-corrected chi connectivity index (χ4v) is 1.60. The van der Waals surface area contributed by atoms with Crippen LogP contribution in [-0.2, 0) is 6.54 Å². The van der Waals surface area contributed by atoms with Crippen LogP contribution in [0.25, 0.3) is 0 Å². The van der Waals surface area contributed by atoms with Crippen LogP contribution in [0.2, 0.25) is 0 Å². The summed E-state index contributed by atoms with van der Waals surface area (Å²) in [5, 5.41) is 11.1. The van der Waals surface area contributed by atoms with Gasteiger partial charge in [-0.05, 0) is 5.56 Å². The second-order valence-electron chi connectivity index (χ2n) is 4.23. The Hall–Kier alpha value is -1.76. The summed E-state index contributed by atoms with van der Waals surface area (Å²) in [6.07, 6.45) is -5.37. The van der Waals surface area contributed by atoms with Crippen LogP contribution in [-0.4, -0.2) is 41.9 Å². The molecule has 0 atom stereocenters. The number of hydrogen-bond donors (Lipinski definition) is 2. The summed E-state index contributed by atoms with van der Waals surface area (Å²) in [4.78, 5) is 13.0. The first-order valence-electron chi connectivity index (χ1n) is 6.16. The Morgan fingerprint density at radius 1 is 1.25 bits per heavy atom. The normalized spacial score (nSPS) is 11.2. The van der Waals surface area contributed by atoms with Gasteiger partial charge in [-0.25, -0.2) is 4.79 Å². The molecule has 0 aliphatic heterocycles. The molecule has 0 saturated carbocycles. The molecule has 2 amide bonds. The van der Waals surface area contributed by atoms with Gasteiger partial charge < -0.3 is 15.3 Å². The van der Waals surface area contributed by atoms with Gasteiger partial charge in [0, 0.05) is 19.6 Å². The number of hydrogen-bond acceptors (Lipinski definition) is 2. The van der Waals surface area contributed by atoms with Crippen molar-refractivity contribution in [3.8, 4) is 0 Å². The average Bonchev–Trinajstić information content (AvgIpc) is 2.38. The van der Waals surface area contributed by atoms with Crippen molar-refractivity contribution >= 4 is 6.03 Å². The van der Waals surface area contributed by atoms with Crippen molar-refractivity contribution in [3.05, 3.63) is 35.9 Å². The Bertz CT molecular complexity index is 410. The molecule has 0 heterocycles. The highest BCUT2D eigenvalue weighted by molar-refractivity contribution is 5.74. The van der Waals surface area contributed by atoms with Crippen LogP contribution >= 0.6 is 0 Å². The number of halogens is 3. The zero-order valence-corrected chi connectivity index (χ0v) is 10.9. The molecule has 1 aromatic rings. The number of nitrogens with one attached hydrogen (secondary N) is 1. The first-order chi connectivity index (χ1) is 9.42. The minimum Gasteiger partial charge on any atom is -0.395 e. The van der Waals surface area contributed by atoms with Crippen molar-refractivity contribution in [1.82, 2.24) is 10.2 Å². The molecule has 4 nitrogen and oxygen atoms in total. The molecule has 0 aromatic heterocycles. The molecule has 1 aromatic carbocycles. The molecule has 0 aliphatic rings. The van der Waals surface area contributed by atoms with Crippen LogP contribution in [0.5, 0.6) is 0 Å². The lowest BCUT2D eigenvalue weighted by Crippen LogP contribution is -2.42. The average molecular weight is 290 g/mol. The lowest BCUT2D eigenvalue weighted by atomic mass is 10.2. The third kappa shape index (κ3) is 6.42. The Morgan fingerprint density at radius 3 is 2.45 bits per heavy atom. The van der Waals surface area contributed by atoms with E-state index in [4.69, 9.17) is 5.11 Å². The van der Waals surface area contributed by atoms with Gasteiger partial charge in [-0.15, -0.1) is 0 Å². The SMILES string of the molecule is O=C(NCCC(F)(F)F)N(CCO)Cc1ccccc1. The zero-order valence-electron chi connectivity index (χ0n) is 10.9. The van der Waals surface area contributed by atoms with E-state index in [0.29, 0.717) is 0 Å². The van der Waals surface area contributed by atoms with Crippen molar-refractivity contribution < 1.29 is 23.1 Å². The summed E-state index contributed by atoms with van der Waals surface area (Å²) < 4.78 is 36.0. The number of nitrogens with zero attached hydrogens (tertiary/aromatic N) is 1. The highest BCUT2D eigenvalue weighted by Crippen LogP contribution is 2.18. The summed E-state index contributed by atoms with van der Waals surface area (Å²) in [5.41, 5.74) is 0.840. The topological polar surface area (TPSA) is 52.6 Å². The molecule has 0 radical (unpaired) electrons. The van der Waals surface area contributed by atoms with Crippen molar-refractivity contribution in [2.24, 2.45) is 0 Å². The molecule has 20 heavy (non-hydrogen) atoms. The molecule has 7 heteroatoms. The monoisotopic (exact) mass is 290 g/mol. The second-order valence-corrected chi connectivity index (χ2v) is 4.23. The standard InChI is InChI=1S/C13H17F3N2O2/c14-13(15,16)6-7-17-12(20)18(8-9-19)10-11-4-2-1-3-5-11/h1-5,19H,6-10H2,(H,17,20). The van der Waals surface area contributed by atoms with Crippen LogP contribution in [0.3, 0.4) is 0 Å². The largest absolute Gasteiger partial charge is 0.395 e. The maximum absolute atomic E-state index is 12.0. The van der Waals surface area contributed by atoms with Crippen LogP contribution in [0, 0.1) is 0 Å². The number of urea groups is 1. The Kier molecular flexibility index (Phi) is 6.30. The van der Waals surface area contributed by atoms with Gasteiger partial charge in [0.2, 0.25) is 0 Å². The lowest BCUT2D eigenvalue weighted by molar-refractivity contribution is -0.133. The van der Waals surface area contributed by atoms with E-state index < -0.39 is 25.2 Å². The fourth-order valence-electron chi connectivity index (χ4n) is 1.60. The van der Waals surface area contributed by atoms with Crippen LogP contribution < -0.4 is 5.32 Å². The van der Waals surface area contributed by atoms with E-state index in [2.05, 4.69) is 5.32 Å². The van der Waals surface area contributed by atoms with Gasteiger partial charge in [-0.3, -0.25) is 0 Å². The number of benzene rings is 1. The number of aliphatic hydroxyl groups is 1. The highest BCUT2D eigenvalue weighted by Gasteiger charge is 2.27. The van der Waals surface area contributed by atoms with Crippen LogP contribution in [0.4, 0.5) is 18.0 Å². The summed E-state index contributed by atoms with van der Waals surface area (Å²) in [5.74, 6) is 0. The van der Waals surface area contributed by atoms with Crippen molar-refractivity contribution in [3.63, 3.8) is 0 Å². The summed E-state index contributed by atoms with van der Waals surface area (Å²) in [6, 6.07) is 8.40. The van der Waals surface area contributed by atoms with Gasteiger partial charge in [-0.1, -0.05) is 30.3 Å². The summed E-state index contributed by atoms with van der Waals surface area (Å²) in [6.45, 7) is -0.426. The lowest BCUT2D eigenvalue weighted by Gasteiger charge is -2.22. The van der Waals surface area contributed by atoms with E-state index in [9.17, 15) is 18.0 Å². The fraction of sp³-hybridized carbons (Fsp3) is 0.462. The molecular weight excluding hydrogens is 273 g/mol. The van der Waals surface area contributed by atoms with Crippen LogP contribution in [0.15, 0.2) is 30.3 Å². The summed E-state index contributed by atoms with van der Waals surface area (Å²) in [7, 11) is 0. The highest BCUT2D eigenvalue weighted by atomic mass is 19.4. The minimum absolute atomic E-state index is 0.0622. The van der Waals surface area contributed by atoms with Gasteiger partial charge in [-0.2, -0.15) is 13.2 Å². The van der Waals surface area contributed by atoms with E-state index in [1.807, 2.05) is 6.07 Å². The van der Waals surface area contributed by atoms with Crippen LogP contribution in [0.1, 0.15) is 12.0 Å². The quantitative estimate of drug-likeness (QED) is 0.843. The van der Waals surface area contributed by atoms with E-state index in [-0.39, 0.29) is 19.7 Å². The predicted molar refractivity (Wildman–Crippen MR) is 68.0 cm³/mol. The number of alkyl halides is 3. The molecule has 0 fully saturated rings. The predicted octanol–water partition coefficient (Wildman–Crippen LogP) is 2.14. The molecule has 112 valence electrons. The minimum atomic E-state index is -4.30. The number of carbonyl (C=O) groups is 1. The van der Waals surface area contributed by atoms with Gasteiger partial charge >= 0.3 is 12.2 Å². The van der Waals surface area contributed by atoms with E-state index in [0.717, 1.165) is 5.56 Å². The molecule has 0 aliphatic carbocycles. The van der Waals surface area contributed by atoms with Gasteiger partial charge in [0.1, 0.15) is 0 Å². The van der Waals surface area contributed by atoms with Gasteiger partial charge in [0.05, 0.1) is 13.0 Å². The molecule has 2 N–H and O–H groups in total. The molecule has 0 unspecified atom stereocenters. The maximum atomic E-state index is 12.0. The second kappa shape index (κ2) is 7.74.